The van der Waals surface area contributed by atoms with Gasteiger partial charge in [-0.05, 0) is 17.9 Å². The van der Waals surface area contributed by atoms with Gasteiger partial charge in [0.15, 0.2) is 6.61 Å². The summed E-state index contributed by atoms with van der Waals surface area (Å²) in [6.07, 6.45) is 0.526. The molecule has 1 aromatic rings. The molecule has 0 bridgehead atoms. The first-order valence-electron chi connectivity index (χ1n) is 6.60. The fourth-order valence-electron chi connectivity index (χ4n) is 1.62. The number of carbonyl (C=O) groups excluding carboxylic acids is 2. The first-order valence-corrected chi connectivity index (χ1v) is 6.60. The van der Waals surface area contributed by atoms with Crippen LogP contribution in [0.15, 0.2) is 30.3 Å². The van der Waals surface area contributed by atoms with Gasteiger partial charge in [0, 0.05) is 0 Å². The molecule has 0 unspecified atom stereocenters. The van der Waals surface area contributed by atoms with Crippen molar-refractivity contribution in [3.05, 3.63) is 35.9 Å². The van der Waals surface area contributed by atoms with E-state index in [4.69, 9.17) is 15.2 Å². The minimum absolute atomic E-state index is 0.162. The van der Waals surface area contributed by atoms with Crippen molar-refractivity contribution in [1.29, 1.82) is 0 Å². The highest BCUT2D eigenvalue weighted by atomic mass is 16.6. The highest BCUT2D eigenvalue weighted by molar-refractivity contribution is 5.79. The molecule has 0 fully saturated rings. The fraction of sp³-hybridized carbons (Fsp3) is 0.467. The van der Waals surface area contributed by atoms with Gasteiger partial charge in [0.2, 0.25) is 0 Å². The molecule has 0 saturated carbocycles. The molecule has 0 saturated heterocycles. The molecule has 110 valence electrons. The summed E-state index contributed by atoms with van der Waals surface area (Å²) in [5.74, 6) is -0.864. The van der Waals surface area contributed by atoms with Crippen molar-refractivity contribution in [2.45, 2.75) is 32.9 Å². The van der Waals surface area contributed by atoms with E-state index in [9.17, 15) is 9.59 Å². The van der Waals surface area contributed by atoms with Crippen LogP contribution < -0.4 is 5.73 Å². The van der Waals surface area contributed by atoms with Gasteiger partial charge in [-0.3, -0.25) is 4.79 Å². The SMILES string of the molecule is CC(C)C[C@H](N)C(=O)OCC(=O)OCc1ccccc1. The van der Waals surface area contributed by atoms with Crippen molar-refractivity contribution in [1.82, 2.24) is 0 Å². The van der Waals surface area contributed by atoms with Gasteiger partial charge in [0.05, 0.1) is 0 Å². The predicted molar refractivity (Wildman–Crippen MR) is 74.6 cm³/mol. The summed E-state index contributed by atoms with van der Waals surface area (Å²) in [4.78, 5) is 22.9. The van der Waals surface area contributed by atoms with Crippen LogP contribution in [0.25, 0.3) is 0 Å². The van der Waals surface area contributed by atoms with E-state index in [1.165, 1.54) is 0 Å². The smallest absolute Gasteiger partial charge is 0.344 e. The molecule has 1 rings (SSSR count). The third-order valence-corrected chi connectivity index (χ3v) is 2.60. The van der Waals surface area contributed by atoms with Gasteiger partial charge in [0.1, 0.15) is 12.6 Å². The van der Waals surface area contributed by atoms with Gasteiger partial charge in [-0.25, -0.2) is 4.79 Å². The summed E-state index contributed by atoms with van der Waals surface area (Å²) in [6, 6.07) is 8.58. The van der Waals surface area contributed by atoms with E-state index in [-0.39, 0.29) is 6.61 Å². The number of hydrogen-bond donors (Lipinski definition) is 1. The summed E-state index contributed by atoms with van der Waals surface area (Å²) in [5, 5.41) is 0. The lowest BCUT2D eigenvalue weighted by atomic mass is 10.1. The van der Waals surface area contributed by atoms with Gasteiger partial charge >= 0.3 is 11.9 Å². The van der Waals surface area contributed by atoms with Gasteiger partial charge in [-0.15, -0.1) is 0 Å². The van der Waals surface area contributed by atoms with Crippen LogP contribution in [0.3, 0.4) is 0 Å². The number of ether oxygens (including phenoxy) is 2. The lowest BCUT2D eigenvalue weighted by Crippen LogP contribution is -2.34. The summed E-state index contributed by atoms with van der Waals surface area (Å²) in [7, 11) is 0. The Morgan fingerprint density at radius 3 is 2.40 bits per heavy atom. The third-order valence-electron chi connectivity index (χ3n) is 2.60. The molecule has 5 heteroatoms. The summed E-state index contributed by atoms with van der Waals surface area (Å²) in [5.41, 5.74) is 6.52. The normalized spacial score (nSPS) is 12.0. The second-order valence-corrected chi connectivity index (χ2v) is 4.99. The van der Waals surface area contributed by atoms with Gasteiger partial charge in [-0.1, -0.05) is 44.2 Å². The number of carbonyl (C=O) groups is 2. The van der Waals surface area contributed by atoms with Crippen molar-refractivity contribution >= 4 is 11.9 Å². The van der Waals surface area contributed by atoms with Crippen LogP contribution in [-0.2, 0) is 25.7 Å². The quantitative estimate of drug-likeness (QED) is 0.768. The Labute approximate surface area is 119 Å². The van der Waals surface area contributed by atoms with Crippen LogP contribution in [0.4, 0.5) is 0 Å². The summed E-state index contributed by atoms with van der Waals surface area (Å²) < 4.78 is 9.80. The number of rotatable bonds is 7. The Morgan fingerprint density at radius 1 is 1.15 bits per heavy atom. The fourth-order valence-corrected chi connectivity index (χ4v) is 1.62. The Hall–Kier alpha value is -1.88. The van der Waals surface area contributed by atoms with Gasteiger partial charge in [-0.2, -0.15) is 0 Å². The minimum atomic E-state index is -0.697. The van der Waals surface area contributed by atoms with Crippen LogP contribution in [-0.4, -0.2) is 24.6 Å². The standard InChI is InChI=1S/C15H21NO4/c1-11(2)8-13(16)15(18)20-10-14(17)19-9-12-6-4-3-5-7-12/h3-7,11,13H,8-10,16H2,1-2H3/t13-/m0/s1. The summed E-state index contributed by atoms with van der Waals surface area (Å²) in [6.45, 7) is 3.68. The second-order valence-electron chi connectivity index (χ2n) is 4.99. The van der Waals surface area contributed by atoms with Crippen LogP contribution in [0.2, 0.25) is 0 Å². The van der Waals surface area contributed by atoms with Crippen molar-refractivity contribution in [2.75, 3.05) is 6.61 Å². The van der Waals surface area contributed by atoms with Crippen molar-refractivity contribution in [2.24, 2.45) is 11.7 Å². The molecule has 1 aromatic carbocycles. The maximum Gasteiger partial charge on any atom is 0.344 e. The zero-order valence-electron chi connectivity index (χ0n) is 11.9. The lowest BCUT2D eigenvalue weighted by molar-refractivity contribution is -0.160. The largest absolute Gasteiger partial charge is 0.458 e. The van der Waals surface area contributed by atoms with Gasteiger partial charge < -0.3 is 15.2 Å². The van der Waals surface area contributed by atoms with E-state index < -0.39 is 24.6 Å². The Kier molecular flexibility index (Phi) is 6.73. The topological polar surface area (TPSA) is 78.6 Å². The molecule has 0 amide bonds. The molecule has 0 aliphatic rings. The molecular formula is C15H21NO4. The van der Waals surface area contributed by atoms with Crippen LogP contribution in [0, 0.1) is 5.92 Å². The molecule has 5 nitrogen and oxygen atoms in total. The Morgan fingerprint density at radius 2 is 1.80 bits per heavy atom. The Bertz CT molecular complexity index is 431. The van der Waals surface area contributed by atoms with E-state index in [2.05, 4.69) is 0 Å². The van der Waals surface area contributed by atoms with Crippen LogP contribution >= 0.6 is 0 Å². The van der Waals surface area contributed by atoms with Crippen LogP contribution in [0.1, 0.15) is 25.8 Å². The van der Waals surface area contributed by atoms with E-state index in [1.54, 1.807) is 0 Å². The molecule has 0 spiro atoms. The van der Waals surface area contributed by atoms with E-state index in [1.807, 2.05) is 44.2 Å². The maximum absolute atomic E-state index is 11.5. The predicted octanol–water partition coefficient (Wildman–Crippen LogP) is 1.65. The van der Waals surface area contributed by atoms with E-state index in [0.29, 0.717) is 12.3 Å². The molecule has 0 aromatic heterocycles. The molecule has 2 N–H and O–H groups in total. The molecule has 0 heterocycles. The molecule has 0 radical (unpaired) electrons. The van der Waals surface area contributed by atoms with Crippen molar-refractivity contribution in [3.8, 4) is 0 Å². The minimum Gasteiger partial charge on any atom is -0.458 e. The van der Waals surface area contributed by atoms with E-state index in [0.717, 1.165) is 5.56 Å². The lowest BCUT2D eigenvalue weighted by Gasteiger charge is -2.13. The van der Waals surface area contributed by atoms with E-state index >= 15 is 0 Å². The Balaban J connectivity index is 2.24. The first-order chi connectivity index (χ1) is 9.49. The van der Waals surface area contributed by atoms with Crippen molar-refractivity contribution in [3.63, 3.8) is 0 Å². The van der Waals surface area contributed by atoms with Crippen LogP contribution in [0.5, 0.6) is 0 Å². The molecular weight excluding hydrogens is 258 g/mol. The molecule has 0 aliphatic carbocycles. The van der Waals surface area contributed by atoms with Gasteiger partial charge in [0.25, 0.3) is 0 Å². The molecule has 20 heavy (non-hydrogen) atoms. The zero-order valence-corrected chi connectivity index (χ0v) is 11.9. The average Bonchev–Trinajstić information content (AvgIpc) is 2.42. The average molecular weight is 279 g/mol. The number of hydrogen-bond acceptors (Lipinski definition) is 5. The zero-order chi connectivity index (χ0) is 15.0. The molecule has 0 aliphatic heterocycles. The molecule has 1 atom stereocenters. The van der Waals surface area contributed by atoms with Crippen molar-refractivity contribution < 1.29 is 19.1 Å². The summed E-state index contributed by atoms with van der Waals surface area (Å²) >= 11 is 0. The maximum atomic E-state index is 11.5. The number of benzene rings is 1. The number of esters is 2. The highest BCUT2D eigenvalue weighted by Gasteiger charge is 2.18. The number of nitrogens with two attached hydrogens (primary N) is 1. The first kappa shape index (κ1) is 16.2. The highest BCUT2D eigenvalue weighted by Crippen LogP contribution is 2.04. The third kappa shape index (κ3) is 6.33. The second kappa shape index (κ2) is 8.32. The monoisotopic (exact) mass is 279 g/mol.